The van der Waals surface area contributed by atoms with Crippen LogP contribution >= 0.6 is 11.3 Å². The van der Waals surface area contributed by atoms with E-state index in [0.717, 1.165) is 18.5 Å². The Morgan fingerprint density at radius 3 is 2.09 bits per heavy atom. The second-order valence-electron chi connectivity index (χ2n) is 15.5. The maximum Gasteiger partial charge on any atom is 0.0717 e. The van der Waals surface area contributed by atoms with Gasteiger partial charge in [0, 0.05) is 48.0 Å². The number of hydrogen-bond donors (Lipinski definition) is 0. The normalized spacial score (nSPS) is 16.4. The highest BCUT2D eigenvalue weighted by Gasteiger charge is 2.52. The zero-order valence-corrected chi connectivity index (χ0v) is 31.4. The molecule has 1 atom stereocenters. The summed E-state index contributed by atoms with van der Waals surface area (Å²) >= 11 is 1.87. The van der Waals surface area contributed by atoms with Crippen LogP contribution < -0.4 is 4.90 Å². The molecule has 1 spiro atoms. The van der Waals surface area contributed by atoms with Gasteiger partial charge in [-0.1, -0.05) is 121 Å². The number of aryl methyl sites for hydroxylation is 1. The van der Waals surface area contributed by atoms with E-state index in [2.05, 4.69) is 191 Å². The molecule has 1 aliphatic heterocycles. The van der Waals surface area contributed by atoms with Crippen molar-refractivity contribution in [2.24, 2.45) is 0 Å². The molecule has 0 saturated heterocycles. The van der Waals surface area contributed by atoms with Crippen molar-refractivity contribution in [2.45, 2.75) is 18.3 Å². The first-order chi connectivity index (χ1) is 27.8. The number of thiophene rings is 1. The maximum atomic E-state index is 2.54. The molecule has 0 fully saturated rings. The van der Waals surface area contributed by atoms with Crippen molar-refractivity contribution >= 4 is 76.0 Å². The molecule has 3 heteroatoms. The van der Waals surface area contributed by atoms with Gasteiger partial charge in [0.2, 0.25) is 0 Å². The molecule has 8 aromatic carbocycles. The molecule has 3 heterocycles. The van der Waals surface area contributed by atoms with Gasteiger partial charge >= 0.3 is 0 Å². The third-order valence-electron chi connectivity index (χ3n) is 12.9. The Bertz CT molecular complexity index is 3330. The van der Waals surface area contributed by atoms with Crippen LogP contribution in [0.25, 0.3) is 53.2 Å². The van der Waals surface area contributed by atoms with E-state index in [1.54, 1.807) is 0 Å². The molecule has 10 aromatic rings. The van der Waals surface area contributed by atoms with Gasteiger partial charge in [-0.05, 0) is 118 Å². The molecule has 2 aromatic heterocycles. The monoisotopic (exact) mass is 730 g/mol. The van der Waals surface area contributed by atoms with Crippen molar-refractivity contribution in [1.82, 2.24) is 4.57 Å². The molecule has 56 heavy (non-hydrogen) atoms. The highest BCUT2D eigenvalue weighted by atomic mass is 32.1. The quantitative estimate of drug-likeness (QED) is 0.176. The molecule has 2 aliphatic carbocycles. The average molecular weight is 731 g/mol. The topological polar surface area (TPSA) is 8.17 Å². The van der Waals surface area contributed by atoms with E-state index in [1.807, 2.05) is 11.3 Å². The zero-order chi connectivity index (χ0) is 36.5. The van der Waals surface area contributed by atoms with Crippen LogP contribution in [-0.4, -0.2) is 4.57 Å². The molecule has 13 rings (SSSR count). The third kappa shape index (κ3) is 3.85. The van der Waals surface area contributed by atoms with E-state index in [4.69, 9.17) is 0 Å². The van der Waals surface area contributed by atoms with Crippen LogP contribution in [0.1, 0.15) is 39.8 Å². The van der Waals surface area contributed by atoms with Crippen LogP contribution in [0.15, 0.2) is 188 Å². The molecular weight excluding hydrogens is 697 g/mol. The fourth-order valence-corrected chi connectivity index (χ4v) is 11.9. The number of rotatable bonds is 3. The van der Waals surface area contributed by atoms with Crippen LogP contribution in [0.3, 0.4) is 0 Å². The van der Waals surface area contributed by atoms with Gasteiger partial charge in [-0.2, -0.15) is 0 Å². The molecule has 3 aliphatic rings. The summed E-state index contributed by atoms with van der Waals surface area (Å²) in [7, 11) is 0. The van der Waals surface area contributed by atoms with E-state index in [0.29, 0.717) is 0 Å². The number of aromatic nitrogens is 1. The van der Waals surface area contributed by atoms with Crippen LogP contribution in [0.4, 0.5) is 17.1 Å². The van der Waals surface area contributed by atoms with Crippen molar-refractivity contribution in [2.75, 3.05) is 4.90 Å². The van der Waals surface area contributed by atoms with E-state index in [9.17, 15) is 0 Å². The van der Waals surface area contributed by atoms with E-state index < -0.39 is 0 Å². The lowest BCUT2D eigenvalue weighted by atomic mass is 9.63. The zero-order valence-electron chi connectivity index (χ0n) is 30.5. The Balaban J connectivity index is 1.04. The van der Waals surface area contributed by atoms with Crippen LogP contribution in [0, 0.1) is 0 Å². The third-order valence-corrected chi connectivity index (χ3v) is 14.0. The average Bonchev–Trinajstić information content (AvgIpc) is 3.90. The highest BCUT2D eigenvalue weighted by Crippen LogP contribution is 2.63. The summed E-state index contributed by atoms with van der Waals surface area (Å²) in [4.78, 5) is 2.44. The Labute approximate surface area is 328 Å². The second-order valence-corrected chi connectivity index (χ2v) is 16.6. The molecular formula is C53H34N2S. The standard InChI is InChI=1S/C53H34N2S/c1-2-13-34(14-3-1)54(36-27-30-50-42(32-36)39-16-6-11-24-49(39)56-50)35-26-28-37-33(31-35)25-29-45-51(37)41-17-4-7-19-43(41)53(45)44-20-8-10-23-48(44)55-47-22-9-5-15-38(47)40-18-12-21-46(53)52(40)55/h1-24,26-28,30-32H,25,29H2. The number of anilines is 3. The Kier molecular flexibility index (Phi) is 6.12. The largest absolute Gasteiger partial charge is 0.310 e. The Hall–Kier alpha value is -6.68. The minimum Gasteiger partial charge on any atom is -0.310 e. The van der Waals surface area contributed by atoms with Crippen molar-refractivity contribution in [3.8, 4) is 5.69 Å². The minimum absolute atomic E-state index is 0.377. The van der Waals surface area contributed by atoms with Crippen molar-refractivity contribution in [3.05, 3.63) is 221 Å². The van der Waals surface area contributed by atoms with Gasteiger partial charge in [-0.15, -0.1) is 11.3 Å². The number of hydrogen-bond acceptors (Lipinski definition) is 2. The summed E-state index contributed by atoms with van der Waals surface area (Å²) in [6.45, 7) is 0. The van der Waals surface area contributed by atoms with Gasteiger partial charge < -0.3 is 9.47 Å². The molecule has 0 saturated carbocycles. The predicted octanol–water partition coefficient (Wildman–Crippen LogP) is 14.0. The Morgan fingerprint density at radius 2 is 1.16 bits per heavy atom. The van der Waals surface area contributed by atoms with E-state index in [-0.39, 0.29) is 5.41 Å². The summed E-state index contributed by atoms with van der Waals surface area (Å²) in [6.07, 6.45) is 1.97. The smallest absolute Gasteiger partial charge is 0.0717 e. The van der Waals surface area contributed by atoms with E-state index in [1.165, 1.54) is 104 Å². The number of para-hydroxylation sites is 4. The molecule has 1 unspecified atom stereocenters. The molecule has 2 nitrogen and oxygen atoms in total. The van der Waals surface area contributed by atoms with E-state index >= 15 is 0 Å². The fraction of sp³-hybridized carbons (Fsp3) is 0.0566. The first-order valence-corrected chi connectivity index (χ1v) is 20.5. The van der Waals surface area contributed by atoms with Gasteiger partial charge in [0.05, 0.1) is 22.1 Å². The SMILES string of the molecule is c1ccc(N(c2ccc3c(c2)CCC2=C3c3ccccc3C23c2ccccc2-n2c4ccccc4c4cccc3c42)c2ccc3sc4ccccc4c3c2)cc1. The van der Waals surface area contributed by atoms with Crippen LogP contribution in [-0.2, 0) is 11.8 Å². The number of allylic oxidation sites excluding steroid dienone is 1. The summed E-state index contributed by atoms with van der Waals surface area (Å²) in [5, 5.41) is 5.27. The lowest BCUT2D eigenvalue weighted by Crippen LogP contribution is -2.35. The van der Waals surface area contributed by atoms with Gasteiger partial charge in [-0.3, -0.25) is 0 Å². The lowest BCUT2D eigenvalue weighted by molar-refractivity contribution is 0.679. The maximum absolute atomic E-state index is 2.54. The van der Waals surface area contributed by atoms with Gasteiger partial charge in [-0.25, -0.2) is 0 Å². The second kappa shape index (κ2) is 11.2. The minimum atomic E-state index is -0.377. The molecule has 0 radical (unpaired) electrons. The fourth-order valence-electron chi connectivity index (χ4n) is 10.8. The van der Waals surface area contributed by atoms with Crippen LogP contribution in [0.2, 0.25) is 0 Å². The predicted molar refractivity (Wildman–Crippen MR) is 235 cm³/mol. The Morgan fingerprint density at radius 1 is 0.464 bits per heavy atom. The number of fused-ring (bicyclic) bond motifs is 16. The van der Waals surface area contributed by atoms with Crippen molar-refractivity contribution in [3.63, 3.8) is 0 Å². The molecule has 0 bridgehead atoms. The molecule has 0 N–H and O–H groups in total. The van der Waals surface area contributed by atoms with Crippen molar-refractivity contribution < 1.29 is 0 Å². The number of nitrogens with zero attached hydrogens (tertiary/aromatic N) is 2. The highest BCUT2D eigenvalue weighted by molar-refractivity contribution is 7.25. The van der Waals surface area contributed by atoms with Crippen molar-refractivity contribution in [1.29, 1.82) is 0 Å². The van der Waals surface area contributed by atoms with Gasteiger partial charge in [0.1, 0.15) is 0 Å². The summed E-state index contributed by atoms with van der Waals surface area (Å²) in [6, 6.07) is 68.3. The summed E-state index contributed by atoms with van der Waals surface area (Å²) in [5.74, 6) is 0. The first-order valence-electron chi connectivity index (χ1n) is 19.6. The van der Waals surface area contributed by atoms with Gasteiger partial charge in [0.25, 0.3) is 0 Å². The van der Waals surface area contributed by atoms with Crippen LogP contribution in [0.5, 0.6) is 0 Å². The van der Waals surface area contributed by atoms with Gasteiger partial charge in [0.15, 0.2) is 0 Å². The summed E-state index contributed by atoms with van der Waals surface area (Å²) < 4.78 is 5.19. The first kappa shape index (κ1) is 30.6. The number of benzene rings is 8. The molecule has 262 valence electrons. The lowest BCUT2D eigenvalue weighted by Gasteiger charge is -2.41. The molecule has 0 amide bonds. The summed E-state index contributed by atoms with van der Waals surface area (Å²) in [5.41, 5.74) is 18.3.